The fourth-order valence-electron chi connectivity index (χ4n) is 2.72. The van der Waals surface area contributed by atoms with Crippen LogP contribution < -0.4 is 0 Å². The van der Waals surface area contributed by atoms with Crippen LogP contribution in [0.1, 0.15) is 26.3 Å². The van der Waals surface area contributed by atoms with E-state index in [1.807, 2.05) is 0 Å². The van der Waals surface area contributed by atoms with E-state index in [0.717, 1.165) is 19.6 Å². The van der Waals surface area contributed by atoms with Crippen molar-refractivity contribution < 1.29 is 9.90 Å². The van der Waals surface area contributed by atoms with Crippen molar-refractivity contribution in [3.05, 3.63) is 36.0 Å². The molecular weight excluding hydrogens is 264 g/mol. The molecule has 114 valence electrons. The number of aryl methyl sites for hydroxylation is 1. The van der Waals surface area contributed by atoms with Crippen molar-refractivity contribution in [3.8, 4) is 0 Å². The predicted molar refractivity (Wildman–Crippen MR) is 85.4 cm³/mol. The number of fused-ring (bicyclic) bond motifs is 1. The second kappa shape index (κ2) is 6.76. The fourth-order valence-corrected chi connectivity index (χ4v) is 2.72. The van der Waals surface area contributed by atoms with Crippen molar-refractivity contribution in [2.75, 3.05) is 13.1 Å². The topological polar surface area (TPSA) is 45.5 Å². The number of aliphatic carboxylic acids is 1. The molecule has 1 atom stereocenters. The van der Waals surface area contributed by atoms with Gasteiger partial charge in [-0.1, -0.05) is 32.0 Å². The first-order chi connectivity index (χ1) is 10.1. The lowest BCUT2D eigenvalue weighted by Crippen LogP contribution is -2.31. The van der Waals surface area contributed by atoms with Crippen molar-refractivity contribution in [3.63, 3.8) is 0 Å². The van der Waals surface area contributed by atoms with Crippen LogP contribution in [0.4, 0.5) is 0 Å². The number of carboxylic acids is 1. The van der Waals surface area contributed by atoms with Gasteiger partial charge < -0.3 is 9.67 Å². The highest BCUT2D eigenvalue weighted by Crippen LogP contribution is 2.23. The number of para-hydroxylation sites is 1. The summed E-state index contributed by atoms with van der Waals surface area (Å²) in [7, 11) is 0. The Hall–Kier alpha value is -1.81. The number of carbonyl (C=O) groups is 1. The molecule has 2 rings (SSSR count). The summed E-state index contributed by atoms with van der Waals surface area (Å²) in [6.07, 6.45) is 2.19. The van der Waals surface area contributed by atoms with E-state index < -0.39 is 5.97 Å². The number of hydrogen-bond donors (Lipinski definition) is 1. The highest BCUT2D eigenvalue weighted by molar-refractivity contribution is 5.83. The quantitative estimate of drug-likeness (QED) is 0.851. The Labute approximate surface area is 126 Å². The Morgan fingerprint density at radius 3 is 2.67 bits per heavy atom. The molecule has 0 amide bonds. The smallest absolute Gasteiger partial charge is 0.307 e. The summed E-state index contributed by atoms with van der Waals surface area (Å²) >= 11 is 0. The van der Waals surface area contributed by atoms with Gasteiger partial charge >= 0.3 is 5.97 Å². The molecule has 0 aliphatic rings. The van der Waals surface area contributed by atoms with Crippen LogP contribution in [-0.2, 0) is 17.9 Å². The van der Waals surface area contributed by atoms with Crippen molar-refractivity contribution in [2.24, 2.45) is 5.92 Å². The minimum Gasteiger partial charge on any atom is -0.481 e. The van der Waals surface area contributed by atoms with Crippen LogP contribution in [0.25, 0.3) is 10.9 Å². The first-order valence-corrected chi connectivity index (χ1v) is 7.58. The number of rotatable bonds is 7. The first kappa shape index (κ1) is 15.6. The van der Waals surface area contributed by atoms with Crippen molar-refractivity contribution >= 4 is 16.9 Å². The number of aromatic nitrogens is 1. The Bertz CT molecular complexity index is 618. The third kappa shape index (κ3) is 3.45. The molecule has 0 aliphatic carbocycles. The molecule has 1 unspecified atom stereocenters. The number of nitrogens with zero attached hydrogens (tertiary/aromatic N) is 2. The first-order valence-electron chi connectivity index (χ1n) is 7.58. The highest BCUT2D eigenvalue weighted by Gasteiger charge is 2.17. The zero-order valence-electron chi connectivity index (χ0n) is 13.0. The summed E-state index contributed by atoms with van der Waals surface area (Å²) in [5.41, 5.74) is 2.52. The maximum atomic E-state index is 11.0. The van der Waals surface area contributed by atoms with Crippen LogP contribution >= 0.6 is 0 Å². The molecule has 0 spiro atoms. The van der Waals surface area contributed by atoms with E-state index in [0.29, 0.717) is 6.54 Å². The molecule has 1 aromatic heterocycles. The second-order valence-electron chi connectivity index (χ2n) is 5.52. The SMILES string of the molecule is CCN(Cc1cn(CC)c2ccccc12)CC(C)C(=O)O. The molecule has 1 aromatic carbocycles. The van der Waals surface area contributed by atoms with Gasteiger partial charge in [-0.2, -0.15) is 0 Å². The van der Waals surface area contributed by atoms with Gasteiger partial charge in [0.1, 0.15) is 0 Å². The zero-order valence-corrected chi connectivity index (χ0v) is 13.0. The van der Waals surface area contributed by atoms with E-state index in [2.05, 4.69) is 53.8 Å². The molecule has 0 aliphatic heterocycles. The average molecular weight is 288 g/mol. The van der Waals surface area contributed by atoms with Crippen LogP contribution in [0, 0.1) is 5.92 Å². The van der Waals surface area contributed by atoms with Gasteiger partial charge in [-0.25, -0.2) is 0 Å². The summed E-state index contributed by atoms with van der Waals surface area (Å²) < 4.78 is 2.25. The van der Waals surface area contributed by atoms with Gasteiger partial charge in [0.15, 0.2) is 0 Å². The standard InChI is InChI=1S/C17H24N2O2/c1-4-18(10-13(3)17(20)21)11-14-12-19(5-2)16-9-7-6-8-15(14)16/h6-9,12-13H,4-5,10-11H2,1-3H3,(H,20,21). The molecule has 0 saturated heterocycles. The molecule has 2 aromatic rings. The van der Waals surface area contributed by atoms with Crippen LogP contribution in [0.5, 0.6) is 0 Å². The summed E-state index contributed by atoms with van der Waals surface area (Å²) in [4.78, 5) is 13.2. The van der Waals surface area contributed by atoms with E-state index in [1.165, 1.54) is 16.5 Å². The second-order valence-corrected chi connectivity index (χ2v) is 5.52. The molecule has 21 heavy (non-hydrogen) atoms. The van der Waals surface area contributed by atoms with Crippen molar-refractivity contribution in [1.29, 1.82) is 0 Å². The minimum atomic E-state index is -0.732. The molecule has 1 heterocycles. The van der Waals surface area contributed by atoms with E-state index in [4.69, 9.17) is 5.11 Å². The lowest BCUT2D eigenvalue weighted by atomic mass is 10.1. The van der Waals surface area contributed by atoms with Crippen molar-refractivity contribution in [2.45, 2.75) is 33.9 Å². The minimum absolute atomic E-state index is 0.343. The monoisotopic (exact) mass is 288 g/mol. The largest absolute Gasteiger partial charge is 0.481 e. The van der Waals surface area contributed by atoms with Crippen molar-refractivity contribution in [1.82, 2.24) is 9.47 Å². The fraction of sp³-hybridized carbons (Fsp3) is 0.471. The van der Waals surface area contributed by atoms with Gasteiger partial charge in [-0.3, -0.25) is 9.69 Å². The molecule has 0 fully saturated rings. The van der Waals surface area contributed by atoms with Crippen LogP contribution in [0.3, 0.4) is 0 Å². The Morgan fingerprint density at radius 1 is 1.33 bits per heavy atom. The van der Waals surface area contributed by atoms with E-state index in [1.54, 1.807) is 6.92 Å². The maximum Gasteiger partial charge on any atom is 0.307 e. The highest BCUT2D eigenvalue weighted by atomic mass is 16.4. The summed E-state index contributed by atoms with van der Waals surface area (Å²) in [6.45, 7) is 9.15. The normalized spacial score (nSPS) is 13.0. The average Bonchev–Trinajstić information content (AvgIpc) is 2.84. The van der Waals surface area contributed by atoms with Gasteiger partial charge in [-0.05, 0) is 25.1 Å². The third-order valence-electron chi connectivity index (χ3n) is 4.01. The summed E-state index contributed by atoms with van der Waals surface area (Å²) in [6, 6.07) is 8.40. The van der Waals surface area contributed by atoms with E-state index in [-0.39, 0.29) is 5.92 Å². The number of benzene rings is 1. The van der Waals surface area contributed by atoms with Gasteiger partial charge in [-0.15, -0.1) is 0 Å². The Balaban J connectivity index is 2.23. The lowest BCUT2D eigenvalue weighted by molar-refractivity contribution is -0.141. The molecular formula is C17H24N2O2. The number of hydrogen-bond acceptors (Lipinski definition) is 2. The van der Waals surface area contributed by atoms with E-state index >= 15 is 0 Å². The molecule has 0 bridgehead atoms. The van der Waals surface area contributed by atoms with E-state index in [9.17, 15) is 4.79 Å². The molecule has 4 heteroatoms. The zero-order chi connectivity index (χ0) is 15.4. The van der Waals surface area contributed by atoms with Crippen LogP contribution in [-0.4, -0.2) is 33.6 Å². The third-order valence-corrected chi connectivity index (χ3v) is 4.01. The summed E-state index contributed by atoms with van der Waals surface area (Å²) in [5.74, 6) is -1.08. The molecule has 0 saturated carbocycles. The van der Waals surface area contributed by atoms with Gasteiger partial charge in [0.25, 0.3) is 0 Å². The van der Waals surface area contributed by atoms with Gasteiger partial charge in [0.2, 0.25) is 0 Å². The Kier molecular flexibility index (Phi) is 5.02. The molecule has 4 nitrogen and oxygen atoms in total. The van der Waals surface area contributed by atoms with Crippen LogP contribution in [0.15, 0.2) is 30.5 Å². The van der Waals surface area contributed by atoms with Crippen LogP contribution in [0.2, 0.25) is 0 Å². The molecule has 0 radical (unpaired) electrons. The lowest BCUT2D eigenvalue weighted by Gasteiger charge is -2.22. The van der Waals surface area contributed by atoms with Gasteiger partial charge in [0, 0.05) is 36.7 Å². The summed E-state index contributed by atoms with van der Waals surface area (Å²) in [5, 5.41) is 10.3. The molecule has 1 N–H and O–H groups in total. The number of carboxylic acid groups (broad SMARTS) is 1. The maximum absolute atomic E-state index is 11.0. The van der Waals surface area contributed by atoms with Gasteiger partial charge in [0.05, 0.1) is 5.92 Å². The Morgan fingerprint density at radius 2 is 2.05 bits per heavy atom. The predicted octanol–water partition coefficient (Wildman–Crippen LogP) is 3.20.